The normalized spacial score (nSPS) is 19.0. The molecule has 1 amide bonds. The summed E-state index contributed by atoms with van der Waals surface area (Å²) in [4.78, 5) is 18.9. The summed E-state index contributed by atoms with van der Waals surface area (Å²) >= 11 is 0. The number of aliphatic hydroxyl groups excluding tert-OH is 1. The Labute approximate surface area is 141 Å². The number of carbonyl (C=O) groups is 1. The molecule has 0 spiro atoms. The van der Waals surface area contributed by atoms with E-state index < -0.39 is 6.10 Å². The molecular weight excluding hydrogens is 304 g/mol. The molecule has 0 radical (unpaired) electrons. The van der Waals surface area contributed by atoms with Gasteiger partial charge in [-0.2, -0.15) is 5.10 Å². The molecule has 1 aromatic carbocycles. The SMILES string of the molecule is CC(C)C(O)CC(=O)N1CCCC1c1nc(-c2ccccc2)n[nH]1. The van der Waals surface area contributed by atoms with Crippen molar-refractivity contribution >= 4 is 5.91 Å². The minimum absolute atomic E-state index is 0.0173. The number of aromatic nitrogens is 3. The fourth-order valence-electron chi connectivity index (χ4n) is 3.02. The van der Waals surface area contributed by atoms with Crippen LogP contribution in [-0.4, -0.2) is 43.7 Å². The fraction of sp³-hybridized carbons (Fsp3) is 0.500. The van der Waals surface area contributed by atoms with Crippen LogP contribution in [0, 0.1) is 5.92 Å². The van der Waals surface area contributed by atoms with Crippen molar-refractivity contribution in [2.24, 2.45) is 5.92 Å². The van der Waals surface area contributed by atoms with E-state index in [1.165, 1.54) is 0 Å². The Balaban J connectivity index is 1.74. The summed E-state index contributed by atoms with van der Waals surface area (Å²) in [5.41, 5.74) is 0.950. The van der Waals surface area contributed by atoms with Gasteiger partial charge in [-0.25, -0.2) is 4.98 Å². The van der Waals surface area contributed by atoms with Gasteiger partial charge in [-0.05, 0) is 18.8 Å². The maximum absolute atomic E-state index is 12.5. The van der Waals surface area contributed by atoms with Gasteiger partial charge in [-0.3, -0.25) is 9.89 Å². The molecular formula is C18H24N4O2. The fourth-order valence-corrected chi connectivity index (χ4v) is 3.02. The molecule has 6 heteroatoms. The van der Waals surface area contributed by atoms with Crippen LogP contribution < -0.4 is 0 Å². The zero-order valence-corrected chi connectivity index (χ0v) is 14.1. The molecule has 0 bridgehead atoms. The Bertz CT molecular complexity index is 683. The van der Waals surface area contributed by atoms with Crippen LogP contribution in [0.15, 0.2) is 30.3 Å². The number of benzene rings is 1. The summed E-state index contributed by atoms with van der Waals surface area (Å²) in [5.74, 6) is 1.42. The van der Waals surface area contributed by atoms with Crippen molar-refractivity contribution in [3.05, 3.63) is 36.2 Å². The number of amides is 1. The van der Waals surface area contributed by atoms with Crippen molar-refractivity contribution in [2.45, 2.75) is 45.3 Å². The number of aliphatic hydroxyl groups is 1. The molecule has 2 N–H and O–H groups in total. The van der Waals surface area contributed by atoms with Gasteiger partial charge in [-0.15, -0.1) is 0 Å². The van der Waals surface area contributed by atoms with Gasteiger partial charge >= 0.3 is 0 Å². The quantitative estimate of drug-likeness (QED) is 0.883. The lowest BCUT2D eigenvalue weighted by Crippen LogP contribution is -2.34. The van der Waals surface area contributed by atoms with Crippen molar-refractivity contribution in [3.63, 3.8) is 0 Å². The van der Waals surface area contributed by atoms with Crippen molar-refractivity contribution in [1.82, 2.24) is 20.1 Å². The van der Waals surface area contributed by atoms with E-state index in [0.717, 1.165) is 24.2 Å². The van der Waals surface area contributed by atoms with Gasteiger partial charge < -0.3 is 10.0 Å². The zero-order chi connectivity index (χ0) is 17.1. The first kappa shape index (κ1) is 16.6. The van der Waals surface area contributed by atoms with Crippen molar-refractivity contribution in [1.29, 1.82) is 0 Å². The second-order valence-corrected chi connectivity index (χ2v) is 6.67. The number of rotatable bonds is 5. The Morgan fingerprint density at radius 1 is 1.38 bits per heavy atom. The number of hydrogen-bond donors (Lipinski definition) is 2. The molecule has 2 heterocycles. The number of nitrogens with one attached hydrogen (secondary N) is 1. The first-order valence-electron chi connectivity index (χ1n) is 8.51. The third kappa shape index (κ3) is 3.48. The van der Waals surface area contributed by atoms with Gasteiger partial charge in [0.15, 0.2) is 5.82 Å². The van der Waals surface area contributed by atoms with E-state index in [1.807, 2.05) is 49.1 Å². The van der Waals surface area contributed by atoms with Gasteiger partial charge in [-0.1, -0.05) is 44.2 Å². The molecule has 3 rings (SSSR count). The summed E-state index contributed by atoms with van der Waals surface area (Å²) in [6.07, 6.45) is 1.37. The first-order chi connectivity index (χ1) is 11.6. The summed E-state index contributed by atoms with van der Waals surface area (Å²) in [7, 11) is 0. The van der Waals surface area contributed by atoms with E-state index >= 15 is 0 Å². The smallest absolute Gasteiger partial charge is 0.225 e. The van der Waals surface area contributed by atoms with E-state index in [4.69, 9.17) is 0 Å². The summed E-state index contributed by atoms with van der Waals surface area (Å²) in [6, 6.07) is 9.69. The molecule has 2 aromatic rings. The maximum Gasteiger partial charge on any atom is 0.225 e. The van der Waals surface area contributed by atoms with Gasteiger partial charge in [0.2, 0.25) is 5.91 Å². The van der Waals surface area contributed by atoms with Crippen LogP contribution in [0.1, 0.15) is 45.0 Å². The summed E-state index contributed by atoms with van der Waals surface area (Å²) < 4.78 is 0. The molecule has 6 nitrogen and oxygen atoms in total. The molecule has 1 aliphatic rings. The van der Waals surface area contributed by atoms with Crippen LogP contribution in [0.5, 0.6) is 0 Å². The lowest BCUT2D eigenvalue weighted by molar-refractivity contribution is -0.134. The molecule has 1 aliphatic heterocycles. The number of H-pyrrole nitrogens is 1. The summed E-state index contributed by atoms with van der Waals surface area (Å²) in [5, 5.41) is 17.3. The van der Waals surface area contributed by atoms with Crippen LogP contribution in [0.2, 0.25) is 0 Å². The van der Waals surface area contributed by atoms with Gasteiger partial charge in [0, 0.05) is 12.1 Å². The molecule has 128 valence electrons. The number of nitrogens with zero attached hydrogens (tertiary/aromatic N) is 3. The van der Waals surface area contributed by atoms with Crippen molar-refractivity contribution in [3.8, 4) is 11.4 Å². The molecule has 0 aliphatic carbocycles. The van der Waals surface area contributed by atoms with Crippen LogP contribution in [0.25, 0.3) is 11.4 Å². The van der Waals surface area contributed by atoms with Crippen LogP contribution in [-0.2, 0) is 4.79 Å². The number of aromatic amines is 1. The largest absolute Gasteiger partial charge is 0.392 e. The minimum Gasteiger partial charge on any atom is -0.392 e. The van der Waals surface area contributed by atoms with Crippen LogP contribution >= 0.6 is 0 Å². The van der Waals surface area contributed by atoms with Crippen LogP contribution in [0.3, 0.4) is 0 Å². The Morgan fingerprint density at radius 3 is 2.83 bits per heavy atom. The number of carbonyl (C=O) groups excluding carboxylic acids is 1. The third-order valence-corrected chi connectivity index (χ3v) is 4.58. The highest BCUT2D eigenvalue weighted by atomic mass is 16.3. The third-order valence-electron chi connectivity index (χ3n) is 4.58. The molecule has 24 heavy (non-hydrogen) atoms. The second kappa shape index (κ2) is 7.13. The van der Waals surface area contributed by atoms with Crippen LogP contribution in [0.4, 0.5) is 0 Å². The molecule has 1 saturated heterocycles. The van der Waals surface area contributed by atoms with Crippen molar-refractivity contribution < 1.29 is 9.90 Å². The molecule has 2 unspecified atom stereocenters. The Hall–Kier alpha value is -2.21. The average Bonchev–Trinajstić information content (AvgIpc) is 3.24. The van der Waals surface area contributed by atoms with E-state index in [9.17, 15) is 9.90 Å². The Morgan fingerprint density at radius 2 is 2.12 bits per heavy atom. The molecule has 1 fully saturated rings. The highest BCUT2D eigenvalue weighted by Gasteiger charge is 2.33. The molecule has 0 saturated carbocycles. The predicted octanol–water partition coefficient (Wildman–Crippen LogP) is 2.54. The topological polar surface area (TPSA) is 82.1 Å². The minimum atomic E-state index is -0.603. The first-order valence-corrected chi connectivity index (χ1v) is 8.51. The maximum atomic E-state index is 12.5. The van der Waals surface area contributed by atoms with Gasteiger partial charge in [0.05, 0.1) is 18.6 Å². The van der Waals surface area contributed by atoms with Gasteiger partial charge in [0.1, 0.15) is 5.82 Å². The lowest BCUT2D eigenvalue weighted by atomic mass is 10.0. The summed E-state index contributed by atoms with van der Waals surface area (Å²) in [6.45, 7) is 4.54. The van der Waals surface area contributed by atoms with E-state index in [-0.39, 0.29) is 24.3 Å². The highest BCUT2D eigenvalue weighted by Crippen LogP contribution is 2.31. The second-order valence-electron chi connectivity index (χ2n) is 6.67. The Kier molecular flexibility index (Phi) is 4.94. The number of hydrogen-bond acceptors (Lipinski definition) is 4. The van der Waals surface area contributed by atoms with E-state index in [1.54, 1.807) is 0 Å². The number of likely N-dealkylation sites (tertiary alicyclic amines) is 1. The zero-order valence-electron chi connectivity index (χ0n) is 14.1. The standard InChI is InChI=1S/C18H24N4O2/c1-12(2)15(23)11-16(24)22-10-6-9-14(22)18-19-17(20-21-18)13-7-4-3-5-8-13/h3-5,7-8,12,14-15,23H,6,9-11H2,1-2H3,(H,19,20,21). The van der Waals surface area contributed by atoms with E-state index in [0.29, 0.717) is 12.4 Å². The van der Waals surface area contributed by atoms with Gasteiger partial charge in [0.25, 0.3) is 0 Å². The molecule has 2 atom stereocenters. The monoisotopic (exact) mass is 328 g/mol. The average molecular weight is 328 g/mol. The molecule has 1 aromatic heterocycles. The van der Waals surface area contributed by atoms with E-state index in [2.05, 4.69) is 15.2 Å². The lowest BCUT2D eigenvalue weighted by Gasteiger charge is -2.25. The van der Waals surface area contributed by atoms with Crippen molar-refractivity contribution in [2.75, 3.05) is 6.54 Å². The predicted molar refractivity (Wildman–Crippen MR) is 91.0 cm³/mol. The highest BCUT2D eigenvalue weighted by molar-refractivity contribution is 5.77.